The SMILES string of the molecule is Cc1ccc(N(c2ccc(N(c3ccccc3)c3cccc4ccccc34)cc2)c2ccc3c(c2)C(C)(C)c2cc4c(cc2-3)C(C)(C)c2cc(N(c3ccc(N(c5ccccc5)c5cccc6ccccc56)cc3)c3ccc(N(c5ccccc5)c5cccc6ccccc56)cc3)ccc2-4)cc1. The van der Waals surface area contributed by atoms with Crippen LogP contribution in [0, 0.1) is 6.92 Å². The zero-order valence-electron chi connectivity index (χ0n) is 57.9. The van der Waals surface area contributed by atoms with Crippen molar-refractivity contribution < 1.29 is 0 Å². The number of benzene rings is 16. The number of anilines is 15. The molecular weight excluding hydrogens is 1240 g/mol. The average molecular weight is 1310 g/mol. The number of nitrogens with zero attached hydrogens (tertiary/aromatic N) is 5. The van der Waals surface area contributed by atoms with Crippen LogP contribution in [-0.4, -0.2) is 0 Å². The van der Waals surface area contributed by atoms with E-state index in [9.17, 15) is 0 Å². The molecule has 0 N–H and O–H groups in total. The Bertz CT molecular complexity index is 5650. The molecule has 0 amide bonds. The lowest BCUT2D eigenvalue weighted by Crippen LogP contribution is -2.18. The van der Waals surface area contributed by atoms with Crippen LogP contribution in [0.25, 0.3) is 54.6 Å². The Morgan fingerprint density at radius 1 is 0.186 bits per heavy atom. The molecule has 0 spiro atoms. The number of rotatable bonds is 15. The Balaban J connectivity index is 0.718. The van der Waals surface area contributed by atoms with Crippen LogP contribution < -0.4 is 24.5 Å². The van der Waals surface area contributed by atoms with Crippen LogP contribution >= 0.6 is 0 Å². The maximum atomic E-state index is 2.54. The molecule has 16 aromatic carbocycles. The Morgan fingerprint density at radius 2 is 0.422 bits per heavy atom. The van der Waals surface area contributed by atoms with Crippen LogP contribution in [0.3, 0.4) is 0 Å². The minimum absolute atomic E-state index is 0.303. The molecule has 0 atom stereocenters. The van der Waals surface area contributed by atoms with Crippen LogP contribution in [0.5, 0.6) is 0 Å². The molecule has 0 aromatic heterocycles. The van der Waals surface area contributed by atoms with Gasteiger partial charge in [0, 0.05) is 95.2 Å². The van der Waals surface area contributed by atoms with Crippen molar-refractivity contribution in [1.82, 2.24) is 0 Å². The van der Waals surface area contributed by atoms with E-state index in [0.717, 1.165) is 85.3 Å². The van der Waals surface area contributed by atoms with E-state index in [-0.39, 0.29) is 10.8 Å². The van der Waals surface area contributed by atoms with Gasteiger partial charge in [-0.1, -0.05) is 221 Å². The average Bonchev–Trinajstić information content (AvgIpc) is 1.54. The highest BCUT2D eigenvalue weighted by molar-refractivity contribution is 6.03. The minimum Gasteiger partial charge on any atom is -0.310 e. The molecule has 0 bridgehead atoms. The van der Waals surface area contributed by atoms with Crippen molar-refractivity contribution in [3.63, 3.8) is 0 Å². The molecule has 0 fully saturated rings. The molecule has 0 unspecified atom stereocenters. The summed E-state index contributed by atoms with van der Waals surface area (Å²) in [6.45, 7) is 11.9. The monoisotopic (exact) mass is 1310 g/mol. The Labute approximate surface area is 598 Å². The first-order valence-corrected chi connectivity index (χ1v) is 35.5. The number of hydrogen-bond acceptors (Lipinski definition) is 5. The number of para-hydroxylation sites is 3. The van der Waals surface area contributed by atoms with Crippen molar-refractivity contribution in [3.05, 3.63) is 392 Å². The fourth-order valence-corrected chi connectivity index (χ4v) is 16.3. The second-order valence-corrected chi connectivity index (χ2v) is 28.2. The highest BCUT2D eigenvalue weighted by Crippen LogP contribution is 2.58. The number of fused-ring (bicyclic) bond motifs is 9. The molecule has 0 heterocycles. The van der Waals surface area contributed by atoms with E-state index in [1.165, 1.54) is 82.4 Å². The van der Waals surface area contributed by atoms with Crippen molar-refractivity contribution in [1.29, 1.82) is 0 Å². The van der Waals surface area contributed by atoms with Crippen molar-refractivity contribution >= 4 is 118 Å². The summed E-state index contributed by atoms with van der Waals surface area (Å²) in [5.41, 5.74) is 27.6. The van der Waals surface area contributed by atoms with Gasteiger partial charge >= 0.3 is 0 Å². The third-order valence-corrected chi connectivity index (χ3v) is 21.4. The van der Waals surface area contributed by atoms with Gasteiger partial charge in [-0.25, -0.2) is 0 Å². The molecule has 2 aliphatic rings. The molecule has 0 radical (unpaired) electrons. The second kappa shape index (κ2) is 24.9. The summed E-state index contributed by atoms with van der Waals surface area (Å²) in [4.78, 5) is 12.0. The van der Waals surface area contributed by atoms with E-state index in [0.29, 0.717) is 0 Å². The summed E-state index contributed by atoms with van der Waals surface area (Å²) in [6, 6.07) is 134. The van der Waals surface area contributed by atoms with Crippen molar-refractivity contribution in [3.8, 4) is 22.3 Å². The molecule has 5 heteroatoms. The standard InChI is InChI=1S/C97H75N5/c1-66-42-44-73(45-43-66)98(74-46-52-77(53-47-74)100(70-30-9-6-10-31-70)93-39-21-27-67-24-15-18-36-82(67)93)80-58-60-85-87-64-92-88(65-91(87)96(2,3)89(85)62-80)86-61-59-81(63-90(86)97(92,4)5)99(75-48-54-78(55-49-75)101(71-32-11-7-12-33-71)94-40-22-28-68-25-16-19-37-83(68)94)76-50-56-79(57-51-76)102(72-34-13-8-14-35-72)95-41-23-29-69-26-17-20-38-84(69)95/h6-65H,1-5H3. The highest BCUT2D eigenvalue weighted by atomic mass is 15.2. The topological polar surface area (TPSA) is 16.2 Å². The first-order valence-electron chi connectivity index (χ1n) is 35.5. The lowest BCUT2D eigenvalue weighted by Gasteiger charge is -2.31. The fraction of sp³-hybridized carbons (Fsp3) is 0.0722. The van der Waals surface area contributed by atoms with Gasteiger partial charge in [-0.05, 0) is 244 Å². The lowest BCUT2D eigenvalue weighted by molar-refractivity contribution is 0.652. The predicted octanol–water partition coefficient (Wildman–Crippen LogP) is 27.4. The minimum atomic E-state index is -0.330. The number of aryl methyl sites for hydroxylation is 1. The number of hydrogen-bond donors (Lipinski definition) is 0. The van der Waals surface area contributed by atoms with Crippen molar-refractivity contribution in [2.24, 2.45) is 0 Å². The van der Waals surface area contributed by atoms with Crippen LogP contribution in [-0.2, 0) is 10.8 Å². The molecule has 18 rings (SSSR count). The highest BCUT2D eigenvalue weighted by Gasteiger charge is 2.42. The first kappa shape index (κ1) is 61.6. The Morgan fingerprint density at radius 3 is 0.735 bits per heavy atom. The van der Waals surface area contributed by atoms with Gasteiger partial charge in [-0.15, -0.1) is 0 Å². The largest absolute Gasteiger partial charge is 0.310 e. The molecule has 102 heavy (non-hydrogen) atoms. The normalized spacial score (nSPS) is 12.9. The summed E-state index contributed by atoms with van der Waals surface area (Å²) in [6.07, 6.45) is 0. The molecule has 0 saturated heterocycles. The summed E-state index contributed by atoms with van der Waals surface area (Å²) < 4.78 is 0. The van der Waals surface area contributed by atoms with Crippen molar-refractivity contribution in [2.75, 3.05) is 24.5 Å². The van der Waals surface area contributed by atoms with E-state index in [4.69, 9.17) is 0 Å². The van der Waals surface area contributed by atoms with E-state index in [1.807, 2.05) is 0 Å². The Hall–Kier alpha value is -12.7. The zero-order chi connectivity index (χ0) is 68.6. The van der Waals surface area contributed by atoms with E-state index in [2.05, 4.69) is 423 Å². The summed E-state index contributed by atoms with van der Waals surface area (Å²) in [5.74, 6) is 0. The van der Waals surface area contributed by atoms with E-state index < -0.39 is 0 Å². The van der Waals surface area contributed by atoms with E-state index in [1.54, 1.807) is 0 Å². The lowest BCUT2D eigenvalue weighted by atomic mass is 9.79. The quantitative estimate of drug-likeness (QED) is 0.101. The summed E-state index contributed by atoms with van der Waals surface area (Å²) in [5, 5.41) is 7.21. The molecule has 0 saturated carbocycles. The molecule has 16 aromatic rings. The smallest absolute Gasteiger partial charge is 0.0540 e. The van der Waals surface area contributed by atoms with Crippen LogP contribution in [0.15, 0.2) is 364 Å². The van der Waals surface area contributed by atoms with Gasteiger partial charge in [0.05, 0.1) is 17.1 Å². The van der Waals surface area contributed by atoms with Gasteiger partial charge in [-0.2, -0.15) is 0 Å². The third kappa shape index (κ3) is 10.5. The molecule has 488 valence electrons. The maximum absolute atomic E-state index is 2.54. The van der Waals surface area contributed by atoms with Crippen LogP contribution in [0.2, 0.25) is 0 Å². The van der Waals surface area contributed by atoms with Crippen LogP contribution in [0.4, 0.5) is 85.3 Å². The van der Waals surface area contributed by atoms with E-state index >= 15 is 0 Å². The van der Waals surface area contributed by atoms with Gasteiger partial charge < -0.3 is 24.5 Å². The predicted molar refractivity (Wildman–Crippen MR) is 432 cm³/mol. The van der Waals surface area contributed by atoms with Gasteiger partial charge in [0.25, 0.3) is 0 Å². The maximum Gasteiger partial charge on any atom is 0.0540 e. The van der Waals surface area contributed by atoms with Gasteiger partial charge in [0.15, 0.2) is 0 Å². The summed E-state index contributed by atoms with van der Waals surface area (Å²) in [7, 11) is 0. The fourth-order valence-electron chi connectivity index (χ4n) is 16.3. The molecule has 0 aliphatic heterocycles. The zero-order valence-corrected chi connectivity index (χ0v) is 57.9. The van der Waals surface area contributed by atoms with Crippen LogP contribution in [0.1, 0.15) is 55.5 Å². The second-order valence-electron chi connectivity index (χ2n) is 28.2. The third-order valence-electron chi connectivity index (χ3n) is 21.4. The molecular formula is C97H75N5. The van der Waals surface area contributed by atoms with Gasteiger partial charge in [-0.3, -0.25) is 0 Å². The van der Waals surface area contributed by atoms with Gasteiger partial charge in [0.1, 0.15) is 0 Å². The summed E-state index contributed by atoms with van der Waals surface area (Å²) >= 11 is 0. The Kier molecular flexibility index (Phi) is 15.1. The van der Waals surface area contributed by atoms with Gasteiger partial charge in [0.2, 0.25) is 0 Å². The molecule has 5 nitrogen and oxygen atoms in total. The first-order chi connectivity index (χ1) is 50.0. The molecule has 2 aliphatic carbocycles. The van der Waals surface area contributed by atoms with Crippen molar-refractivity contribution in [2.45, 2.75) is 45.4 Å².